The van der Waals surface area contributed by atoms with Crippen LogP contribution in [0.4, 0.5) is 0 Å². The van der Waals surface area contributed by atoms with E-state index in [0.29, 0.717) is 19.3 Å². The molecule has 0 amide bonds. The number of allylic oxidation sites excluding steroid dienone is 4. The lowest BCUT2D eigenvalue weighted by molar-refractivity contribution is -0.301. The molecule has 0 bridgehead atoms. The molecular formula is C51H90O12. The first-order valence-electron chi connectivity index (χ1n) is 25.3. The van der Waals surface area contributed by atoms with Crippen molar-refractivity contribution < 1.29 is 58.2 Å². The van der Waals surface area contributed by atoms with E-state index >= 15 is 0 Å². The van der Waals surface area contributed by atoms with Gasteiger partial charge in [-0.1, -0.05) is 173 Å². The summed E-state index contributed by atoms with van der Waals surface area (Å²) in [6, 6.07) is 0. The Hall–Kier alpha value is -2.80. The third-order valence-electron chi connectivity index (χ3n) is 11.5. The summed E-state index contributed by atoms with van der Waals surface area (Å²) in [6.45, 7) is 5.86. The maximum absolute atomic E-state index is 13.0. The van der Waals surface area contributed by atoms with E-state index < -0.39 is 67.3 Å². The van der Waals surface area contributed by atoms with E-state index in [4.69, 9.17) is 23.7 Å². The van der Waals surface area contributed by atoms with E-state index in [0.717, 1.165) is 103 Å². The fourth-order valence-electron chi connectivity index (χ4n) is 7.51. The molecule has 1 aliphatic heterocycles. The molecular weight excluding hydrogens is 805 g/mol. The zero-order valence-electron chi connectivity index (χ0n) is 39.8. The van der Waals surface area contributed by atoms with E-state index in [-0.39, 0.29) is 25.9 Å². The van der Waals surface area contributed by atoms with Gasteiger partial charge in [-0.25, -0.2) is 4.79 Å². The monoisotopic (exact) mass is 895 g/mol. The Balaban J connectivity index is 2.76. The number of carbonyl (C=O) groups excluding carboxylic acids is 3. The minimum atomic E-state index is -1.90. The van der Waals surface area contributed by atoms with E-state index in [1.165, 1.54) is 64.2 Å². The number of hydrogen-bond donors (Lipinski definition) is 3. The predicted molar refractivity (Wildman–Crippen MR) is 248 cm³/mol. The second kappa shape index (κ2) is 40.7. The van der Waals surface area contributed by atoms with Gasteiger partial charge in [-0.2, -0.15) is 0 Å². The van der Waals surface area contributed by atoms with Crippen LogP contribution in [-0.4, -0.2) is 89.2 Å². The Morgan fingerprint density at radius 3 is 1.40 bits per heavy atom. The number of aliphatic hydroxyl groups is 2. The van der Waals surface area contributed by atoms with Gasteiger partial charge in [-0.3, -0.25) is 14.4 Å². The van der Waals surface area contributed by atoms with Gasteiger partial charge in [0, 0.05) is 19.3 Å². The Morgan fingerprint density at radius 1 is 0.508 bits per heavy atom. The fraction of sp³-hybridized carbons (Fsp3) is 0.843. The SMILES string of the molecule is CCCC/C=C\CCCCCCCC(=O)OCC(COC1OC(C(=O)O)C(O)C(O)C1OC(=O)CCCCCCCCCCCCC)OC(=O)CCCCCCC/C=C\CCCC. The highest BCUT2D eigenvalue weighted by Gasteiger charge is 2.50. The molecule has 1 saturated heterocycles. The van der Waals surface area contributed by atoms with Gasteiger partial charge in [-0.15, -0.1) is 0 Å². The largest absolute Gasteiger partial charge is 0.479 e. The van der Waals surface area contributed by atoms with Crippen LogP contribution in [-0.2, 0) is 42.9 Å². The smallest absolute Gasteiger partial charge is 0.335 e. The first-order valence-corrected chi connectivity index (χ1v) is 25.3. The summed E-state index contributed by atoms with van der Waals surface area (Å²) < 4.78 is 28.2. The number of carboxylic acid groups (broad SMARTS) is 1. The molecule has 0 aromatic rings. The maximum Gasteiger partial charge on any atom is 0.335 e. The molecule has 0 radical (unpaired) electrons. The zero-order chi connectivity index (χ0) is 46.2. The van der Waals surface area contributed by atoms with E-state index in [1.807, 2.05) is 0 Å². The molecule has 0 aromatic carbocycles. The molecule has 0 saturated carbocycles. The van der Waals surface area contributed by atoms with Gasteiger partial charge in [0.05, 0.1) is 6.61 Å². The number of carboxylic acids is 1. The van der Waals surface area contributed by atoms with Gasteiger partial charge in [0.25, 0.3) is 0 Å². The van der Waals surface area contributed by atoms with Crippen LogP contribution in [0.15, 0.2) is 24.3 Å². The highest BCUT2D eigenvalue weighted by atomic mass is 16.7. The normalized spacial score (nSPS) is 19.4. The average Bonchev–Trinajstić information content (AvgIpc) is 3.26. The van der Waals surface area contributed by atoms with E-state index in [1.54, 1.807) is 0 Å². The molecule has 1 fully saturated rings. The molecule has 12 nitrogen and oxygen atoms in total. The number of unbranched alkanes of at least 4 members (excludes halogenated alkanes) is 24. The lowest BCUT2D eigenvalue weighted by Crippen LogP contribution is -2.61. The van der Waals surface area contributed by atoms with Gasteiger partial charge in [-0.05, 0) is 57.8 Å². The van der Waals surface area contributed by atoms with Crippen molar-refractivity contribution in [1.29, 1.82) is 0 Å². The van der Waals surface area contributed by atoms with Crippen LogP contribution >= 0.6 is 0 Å². The zero-order valence-corrected chi connectivity index (χ0v) is 39.8. The number of aliphatic carboxylic acids is 1. The number of ether oxygens (including phenoxy) is 5. The van der Waals surface area contributed by atoms with E-state index in [2.05, 4.69) is 45.1 Å². The van der Waals surface area contributed by atoms with Crippen LogP contribution in [0.3, 0.4) is 0 Å². The summed E-state index contributed by atoms with van der Waals surface area (Å²) in [5, 5.41) is 31.2. The summed E-state index contributed by atoms with van der Waals surface area (Å²) in [4.78, 5) is 50.6. The summed E-state index contributed by atoms with van der Waals surface area (Å²) in [6.07, 6.45) is 30.4. The Labute approximate surface area is 381 Å². The molecule has 12 heteroatoms. The third kappa shape index (κ3) is 31.7. The molecule has 0 aromatic heterocycles. The molecule has 6 unspecified atom stereocenters. The molecule has 63 heavy (non-hydrogen) atoms. The Bertz CT molecular complexity index is 1200. The van der Waals surface area contributed by atoms with Crippen molar-refractivity contribution in [2.24, 2.45) is 0 Å². The summed E-state index contributed by atoms with van der Waals surface area (Å²) >= 11 is 0. The van der Waals surface area contributed by atoms with Crippen LogP contribution in [0.5, 0.6) is 0 Å². The highest BCUT2D eigenvalue weighted by Crippen LogP contribution is 2.26. The lowest BCUT2D eigenvalue weighted by atomic mass is 9.98. The van der Waals surface area contributed by atoms with Gasteiger partial charge in [0.1, 0.15) is 18.8 Å². The highest BCUT2D eigenvalue weighted by molar-refractivity contribution is 5.74. The first kappa shape index (κ1) is 58.2. The molecule has 6 atom stereocenters. The number of rotatable bonds is 42. The van der Waals surface area contributed by atoms with Gasteiger partial charge < -0.3 is 39.0 Å². The van der Waals surface area contributed by atoms with Crippen molar-refractivity contribution in [3.8, 4) is 0 Å². The van der Waals surface area contributed by atoms with Crippen molar-refractivity contribution >= 4 is 23.9 Å². The second-order valence-corrected chi connectivity index (χ2v) is 17.5. The molecule has 0 spiro atoms. The Morgan fingerprint density at radius 2 is 0.921 bits per heavy atom. The molecule has 1 aliphatic rings. The van der Waals surface area contributed by atoms with Crippen LogP contribution in [0.1, 0.15) is 226 Å². The number of aliphatic hydroxyl groups excluding tert-OH is 2. The summed E-state index contributed by atoms with van der Waals surface area (Å²) in [5.41, 5.74) is 0. The number of hydrogen-bond acceptors (Lipinski definition) is 11. The average molecular weight is 895 g/mol. The van der Waals surface area contributed by atoms with Crippen molar-refractivity contribution in [2.75, 3.05) is 13.2 Å². The van der Waals surface area contributed by atoms with Crippen molar-refractivity contribution in [3.63, 3.8) is 0 Å². The minimum absolute atomic E-state index is 0.0637. The standard InChI is InChI=1S/C51H90O12/c1-4-7-10-13-16-19-22-25-28-31-34-37-43(52)59-40-42(61-44(53)38-35-32-29-26-23-20-17-14-11-8-5-2)41-60-51-49(47(56)46(55)48(63-51)50(57)58)62-45(54)39-36-33-30-27-24-21-18-15-12-9-6-3/h13-14,16-17,42,46-49,51,55-56H,4-12,15,18-41H2,1-3H3,(H,57,58)/b16-13-,17-14-. The quantitative estimate of drug-likeness (QED) is 0.0229. The summed E-state index contributed by atoms with van der Waals surface area (Å²) in [5.74, 6) is -3.13. The van der Waals surface area contributed by atoms with Crippen molar-refractivity contribution in [2.45, 2.75) is 263 Å². The van der Waals surface area contributed by atoms with Crippen molar-refractivity contribution in [3.05, 3.63) is 24.3 Å². The second-order valence-electron chi connectivity index (χ2n) is 17.5. The van der Waals surface area contributed by atoms with E-state index in [9.17, 15) is 34.5 Å². The number of esters is 3. The van der Waals surface area contributed by atoms with Crippen molar-refractivity contribution in [1.82, 2.24) is 0 Å². The lowest BCUT2D eigenvalue weighted by Gasteiger charge is -2.40. The fourth-order valence-corrected chi connectivity index (χ4v) is 7.51. The molecule has 366 valence electrons. The predicted octanol–water partition coefficient (Wildman–Crippen LogP) is 11.6. The van der Waals surface area contributed by atoms with Gasteiger partial charge in [0.15, 0.2) is 24.6 Å². The topological polar surface area (TPSA) is 175 Å². The minimum Gasteiger partial charge on any atom is -0.479 e. The molecule has 3 N–H and O–H groups in total. The van der Waals surface area contributed by atoms with Gasteiger partial charge >= 0.3 is 23.9 Å². The number of carbonyl (C=O) groups is 4. The molecule has 1 rings (SSSR count). The molecule has 0 aliphatic carbocycles. The van der Waals surface area contributed by atoms with Crippen LogP contribution in [0.2, 0.25) is 0 Å². The van der Waals surface area contributed by atoms with Gasteiger partial charge in [0.2, 0.25) is 0 Å². The van der Waals surface area contributed by atoms with Crippen LogP contribution < -0.4 is 0 Å². The van der Waals surface area contributed by atoms with Crippen LogP contribution in [0.25, 0.3) is 0 Å². The third-order valence-corrected chi connectivity index (χ3v) is 11.5. The Kier molecular flexibility index (Phi) is 37.6. The first-order chi connectivity index (χ1) is 30.6. The maximum atomic E-state index is 13.0. The summed E-state index contributed by atoms with van der Waals surface area (Å²) in [7, 11) is 0. The van der Waals surface area contributed by atoms with Crippen LogP contribution in [0, 0.1) is 0 Å². The molecule has 1 heterocycles.